The van der Waals surface area contributed by atoms with Crippen LogP contribution in [0.2, 0.25) is 10.0 Å². The predicted octanol–water partition coefficient (Wildman–Crippen LogP) is 6.12. The zero-order valence-corrected chi connectivity index (χ0v) is 22.1. The van der Waals surface area contributed by atoms with E-state index in [4.69, 9.17) is 23.2 Å². The van der Waals surface area contributed by atoms with Crippen LogP contribution in [0.3, 0.4) is 0 Å². The maximum absolute atomic E-state index is 14.3. The fourth-order valence-corrected chi connectivity index (χ4v) is 5.35. The number of carboxylic acid groups (broad SMARTS) is 1. The normalized spacial score (nSPS) is 14.8. The van der Waals surface area contributed by atoms with Crippen LogP contribution < -0.4 is 0 Å². The second-order valence-corrected chi connectivity index (χ2v) is 10.2. The Morgan fingerprint density at radius 1 is 0.949 bits per heavy atom. The highest BCUT2D eigenvalue weighted by Gasteiger charge is 2.36. The third-order valence-electron chi connectivity index (χ3n) is 6.96. The lowest BCUT2D eigenvalue weighted by atomic mass is 9.89. The summed E-state index contributed by atoms with van der Waals surface area (Å²) >= 11 is 12.6. The van der Waals surface area contributed by atoms with Crippen LogP contribution in [0.15, 0.2) is 72.8 Å². The number of aromatic nitrogens is 2. The van der Waals surface area contributed by atoms with Crippen LogP contribution in [-0.2, 0) is 4.79 Å². The molecule has 1 atom stereocenters. The van der Waals surface area contributed by atoms with Gasteiger partial charge in [0.25, 0.3) is 5.91 Å². The van der Waals surface area contributed by atoms with E-state index in [-0.39, 0.29) is 28.7 Å². The van der Waals surface area contributed by atoms with Gasteiger partial charge in [0.2, 0.25) is 0 Å². The molecule has 3 aromatic carbocycles. The molecule has 5 rings (SSSR count). The van der Waals surface area contributed by atoms with Gasteiger partial charge < -0.3 is 15.1 Å². The molecule has 0 spiro atoms. The second kappa shape index (κ2) is 11.2. The number of nitrogens with zero attached hydrogens (tertiary/aromatic N) is 3. The van der Waals surface area contributed by atoms with Crippen molar-refractivity contribution in [3.63, 3.8) is 0 Å². The average molecular weight is 568 g/mol. The van der Waals surface area contributed by atoms with Gasteiger partial charge >= 0.3 is 5.97 Å². The van der Waals surface area contributed by atoms with Crippen molar-refractivity contribution in [3.8, 4) is 16.9 Å². The number of benzene rings is 3. The Bertz CT molecular complexity index is 1530. The summed E-state index contributed by atoms with van der Waals surface area (Å²) < 4.78 is 15.7. The molecule has 4 aromatic rings. The number of aliphatic carboxylic acids is 1. The number of aliphatic hydroxyl groups excluding tert-OH is 1. The number of para-hydroxylation sites is 1. The Hall–Kier alpha value is -3.72. The number of likely N-dealkylation sites (tertiary alicyclic amines) is 1. The first-order chi connectivity index (χ1) is 18.8. The quantitative estimate of drug-likeness (QED) is 0.292. The van der Waals surface area contributed by atoms with Gasteiger partial charge in [-0.2, -0.15) is 5.10 Å². The molecule has 1 aliphatic heterocycles. The van der Waals surface area contributed by atoms with Crippen LogP contribution in [0.25, 0.3) is 16.9 Å². The largest absolute Gasteiger partial charge is 0.479 e. The van der Waals surface area contributed by atoms with Crippen LogP contribution >= 0.6 is 23.2 Å². The predicted molar refractivity (Wildman–Crippen MR) is 146 cm³/mol. The molecule has 1 unspecified atom stereocenters. The molecular weight excluding hydrogens is 544 g/mol. The minimum atomic E-state index is -2.04. The van der Waals surface area contributed by atoms with Gasteiger partial charge in [0.15, 0.2) is 11.8 Å². The lowest BCUT2D eigenvalue weighted by Gasteiger charge is -2.32. The van der Waals surface area contributed by atoms with Crippen molar-refractivity contribution in [2.24, 2.45) is 0 Å². The highest BCUT2D eigenvalue weighted by molar-refractivity contribution is 6.32. The van der Waals surface area contributed by atoms with E-state index < -0.39 is 18.0 Å². The summed E-state index contributed by atoms with van der Waals surface area (Å²) in [5.41, 5.74) is 1.36. The van der Waals surface area contributed by atoms with Gasteiger partial charge in [0.05, 0.1) is 22.0 Å². The van der Waals surface area contributed by atoms with Crippen LogP contribution in [-0.4, -0.2) is 49.9 Å². The van der Waals surface area contributed by atoms with Gasteiger partial charge in [-0.1, -0.05) is 65.7 Å². The van der Waals surface area contributed by atoms with Gasteiger partial charge in [0.1, 0.15) is 5.82 Å². The first-order valence-corrected chi connectivity index (χ1v) is 13.1. The third kappa shape index (κ3) is 5.28. The Labute approximate surface area is 234 Å². The summed E-state index contributed by atoms with van der Waals surface area (Å²) in [6.07, 6.45) is -0.987. The average Bonchev–Trinajstić information content (AvgIpc) is 3.33. The molecule has 1 saturated heterocycles. The molecule has 2 N–H and O–H groups in total. The van der Waals surface area contributed by atoms with E-state index in [1.807, 2.05) is 0 Å². The number of rotatable bonds is 6. The molecule has 7 nitrogen and oxygen atoms in total. The first-order valence-electron chi connectivity index (χ1n) is 12.3. The zero-order chi connectivity index (χ0) is 27.7. The molecular formula is C29H24Cl2FN3O4. The smallest absolute Gasteiger partial charge is 0.337 e. The number of hydrogen-bond donors (Lipinski definition) is 2. The molecule has 1 amide bonds. The minimum absolute atomic E-state index is 0.0513. The molecule has 0 aliphatic carbocycles. The minimum Gasteiger partial charge on any atom is -0.479 e. The molecule has 1 fully saturated rings. The van der Waals surface area contributed by atoms with E-state index in [0.29, 0.717) is 52.8 Å². The number of aliphatic hydroxyl groups is 1. The Kier molecular flexibility index (Phi) is 7.70. The molecule has 39 heavy (non-hydrogen) atoms. The van der Waals surface area contributed by atoms with Crippen molar-refractivity contribution in [1.29, 1.82) is 0 Å². The Balaban J connectivity index is 1.59. The van der Waals surface area contributed by atoms with Crippen molar-refractivity contribution < 1.29 is 24.2 Å². The third-order valence-corrected chi connectivity index (χ3v) is 7.53. The number of halogens is 3. The van der Waals surface area contributed by atoms with E-state index >= 15 is 0 Å². The van der Waals surface area contributed by atoms with Crippen molar-refractivity contribution in [2.75, 3.05) is 13.1 Å². The van der Waals surface area contributed by atoms with Crippen molar-refractivity contribution in [3.05, 3.63) is 105 Å². The van der Waals surface area contributed by atoms with E-state index in [9.17, 15) is 24.2 Å². The maximum atomic E-state index is 14.3. The highest BCUT2D eigenvalue weighted by Crippen LogP contribution is 2.37. The molecule has 0 radical (unpaired) electrons. The van der Waals surface area contributed by atoms with E-state index in [2.05, 4.69) is 5.10 Å². The van der Waals surface area contributed by atoms with E-state index in [0.717, 1.165) is 0 Å². The summed E-state index contributed by atoms with van der Waals surface area (Å²) in [6, 6.07) is 19.9. The van der Waals surface area contributed by atoms with Gasteiger partial charge in [-0.3, -0.25) is 4.79 Å². The van der Waals surface area contributed by atoms with Gasteiger partial charge in [-0.05, 0) is 54.7 Å². The Morgan fingerprint density at radius 2 is 1.59 bits per heavy atom. The fraction of sp³-hybridized carbons (Fsp3) is 0.207. The fourth-order valence-electron chi connectivity index (χ4n) is 5.00. The number of hydrogen-bond acceptors (Lipinski definition) is 4. The van der Waals surface area contributed by atoms with Gasteiger partial charge in [-0.25, -0.2) is 13.9 Å². The summed E-state index contributed by atoms with van der Waals surface area (Å²) in [5.74, 6) is -2.39. The zero-order valence-electron chi connectivity index (χ0n) is 20.6. The monoisotopic (exact) mass is 567 g/mol. The molecule has 10 heteroatoms. The number of amides is 1. The van der Waals surface area contributed by atoms with Crippen LogP contribution in [0.1, 0.15) is 46.5 Å². The number of piperidine rings is 1. The second-order valence-electron chi connectivity index (χ2n) is 9.31. The van der Waals surface area contributed by atoms with Crippen molar-refractivity contribution in [2.45, 2.75) is 24.9 Å². The molecule has 1 aromatic heterocycles. The summed E-state index contributed by atoms with van der Waals surface area (Å²) in [7, 11) is 0. The van der Waals surface area contributed by atoms with E-state index in [1.165, 1.54) is 10.7 Å². The maximum Gasteiger partial charge on any atom is 0.337 e. The molecule has 0 saturated carbocycles. The lowest BCUT2D eigenvalue weighted by Crippen LogP contribution is -2.39. The number of carboxylic acids is 1. The topological polar surface area (TPSA) is 95.7 Å². The van der Waals surface area contributed by atoms with Gasteiger partial charge in [-0.15, -0.1) is 0 Å². The summed E-state index contributed by atoms with van der Waals surface area (Å²) in [5, 5.41) is 25.9. The first kappa shape index (κ1) is 26.9. The molecule has 1 aliphatic rings. The van der Waals surface area contributed by atoms with Crippen LogP contribution in [0, 0.1) is 5.82 Å². The molecule has 200 valence electrons. The molecule has 0 bridgehead atoms. The van der Waals surface area contributed by atoms with E-state index in [1.54, 1.807) is 71.6 Å². The standard InChI is InChI=1S/C29H24Cl2FN3O4/c30-19-11-9-18(10-12-19)26-24(27(36)29(38)39)25(33-35(26)23-8-4-2-6-21(23)31)28(37)34-15-13-17(14-16-34)20-5-1-3-7-22(20)32/h1-12,17,27,36H,13-16H2,(H,38,39). The van der Waals surface area contributed by atoms with Gasteiger partial charge in [0, 0.05) is 23.7 Å². The SMILES string of the molecule is O=C(O)C(O)c1c(C(=O)N2CCC(c3ccccc3F)CC2)nn(-c2ccccc2Cl)c1-c1ccc(Cl)cc1. The molecule has 2 heterocycles. The summed E-state index contributed by atoms with van der Waals surface area (Å²) in [4.78, 5) is 27.4. The lowest BCUT2D eigenvalue weighted by molar-refractivity contribution is -0.146. The van der Waals surface area contributed by atoms with Crippen LogP contribution in [0.4, 0.5) is 4.39 Å². The van der Waals surface area contributed by atoms with Crippen molar-refractivity contribution in [1.82, 2.24) is 14.7 Å². The highest BCUT2D eigenvalue weighted by atomic mass is 35.5. The number of carbonyl (C=O) groups excluding carboxylic acids is 1. The Morgan fingerprint density at radius 3 is 2.23 bits per heavy atom. The summed E-state index contributed by atoms with van der Waals surface area (Å²) in [6.45, 7) is 0.630. The number of carbonyl (C=O) groups is 2. The van der Waals surface area contributed by atoms with Crippen molar-refractivity contribution >= 4 is 35.1 Å². The van der Waals surface area contributed by atoms with Crippen LogP contribution in [0.5, 0.6) is 0 Å².